The van der Waals surface area contributed by atoms with Crippen LogP contribution in [0.3, 0.4) is 0 Å². The highest BCUT2D eigenvalue weighted by molar-refractivity contribution is 5.94. The summed E-state index contributed by atoms with van der Waals surface area (Å²) in [5.74, 6) is -0.242. The Morgan fingerprint density at radius 2 is 2.12 bits per heavy atom. The quantitative estimate of drug-likeness (QED) is 0.680. The van der Waals surface area contributed by atoms with Crippen LogP contribution in [0.1, 0.15) is 42.4 Å². The van der Waals surface area contributed by atoms with Crippen molar-refractivity contribution < 1.29 is 4.79 Å². The fourth-order valence-electron chi connectivity index (χ4n) is 2.98. The third kappa shape index (κ3) is 3.57. The number of hydrogen-bond acceptors (Lipinski definition) is 5. The molecule has 1 amide bonds. The van der Waals surface area contributed by atoms with Gasteiger partial charge in [0.05, 0.1) is 16.9 Å². The number of carbonyl (C=O) groups is 1. The number of amides is 1. The number of carbonyl (C=O) groups excluding carboxylic acids is 1. The van der Waals surface area contributed by atoms with Gasteiger partial charge in [0.2, 0.25) is 0 Å². The third-order valence-electron chi connectivity index (χ3n) is 4.48. The Bertz CT molecular complexity index is 899. The lowest BCUT2D eigenvalue weighted by atomic mass is 10.1. The Morgan fingerprint density at radius 3 is 2.88 bits per heavy atom. The lowest BCUT2D eigenvalue weighted by Gasteiger charge is -2.15. The maximum atomic E-state index is 12.6. The fourth-order valence-corrected chi connectivity index (χ4v) is 2.98. The van der Waals surface area contributed by atoms with E-state index >= 15 is 0 Å². The van der Waals surface area contributed by atoms with Crippen molar-refractivity contribution in [3.05, 3.63) is 47.9 Å². The van der Waals surface area contributed by atoms with Gasteiger partial charge in [0.1, 0.15) is 0 Å². The van der Waals surface area contributed by atoms with Crippen molar-refractivity contribution in [1.29, 1.82) is 0 Å². The molecule has 7 heteroatoms. The van der Waals surface area contributed by atoms with Gasteiger partial charge in [0.25, 0.3) is 5.91 Å². The molecule has 2 heterocycles. The lowest BCUT2D eigenvalue weighted by Crippen LogP contribution is -2.40. The summed E-state index contributed by atoms with van der Waals surface area (Å²) in [5.41, 5.74) is 8.38. The Kier molecular flexibility index (Phi) is 5.58. The number of nitrogens with zero attached hydrogens (tertiary/aromatic N) is 4. The number of rotatable bonds is 7. The first-order valence-electron chi connectivity index (χ1n) is 8.93. The number of aromatic nitrogens is 4. The molecule has 3 N–H and O–H groups in total. The molecular formula is C19H24N6O. The van der Waals surface area contributed by atoms with E-state index in [0.717, 1.165) is 35.9 Å². The highest BCUT2D eigenvalue weighted by Crippen LogP contribution is 2.21. The zero-order chi connectivity index (χ0) is 18.5. The summed E-state index contributed by atoms with van der Waals surface area (Å²) in [6.45, 7) is 4.36. The van der Waals surface area contributed by atoms with Crippen molar-refractivity contribution in [2.75, 3.05) is 6.54 Å². The minimum atomic E-state index is -0.242. The molecule has 2 aromatic heterocycles. The monoisotopic (exact) mass is 352 g/mol. The normalized spacial score (nSPS) is 12.3. The van der Waals surface area contributed by atoms with Gasteiger partial charge < -0.3 is 11.1 Å². The van der Waals surface area contributed by atoms with Crippen LogP contribution < -0.4 is 11.1 Å². The first kappa shape index (κ1) is 18.0. The third-order valence-corrected chi connectivity index (χ3v) is 4.48. The minimum absolute atomic E-state index is 0.0498. The maximum Gasteiger partial charge on any atom is 0.274 e. The summed E-state index contributed by atoms with van der Waals surface area (Å²) in [6.07, 6.45) is 4.69. The van der Waals surface area contributed by atoms with E-state index in [9.17, 15) is 4.79 Å². The molecule has 3 rings (SSSR count). The summed E-state index contributed by atoms with van der Waals surface area (Å²) in [4.78, 5) is 17.1. The molecule has 1 aromatic carbocycles. The summed E-state index contributed by atoms with van der Waals surface area (Å²) >= 11 is 0. The number of benzene rings is 1. The van der Waals surface area contributed by atoms with E-state index in [1.165, 1.54) is 0 Å². The second-order valence-electron chi connectivity index (χ2n) is 6.34. The van der Waals surface area contributed by atoms with Gasteiger partial charge in [-0.2, -0.15) is 0 Å². The zero-order valence-electron chi connectivity index (χ0n) is 15.1. The Hall–Kier alpha value is -2.80. The van der Waals surface area contributed by atoms with E-state index in [4.69, 9.17) is 5.73 Å². The average Bonchev–Trinajstić information content (AvgIpc) is 3.05. The van der Waals surface area contributed by atoms with Crippen LogP contribution in [0.2, 0.25) is 0 Å². The van der Waals surface area contributed by atoms with Crippen molar-refractivity contribution >= 4 is 16.8 Å². The molecule has 26 heavy (non-hydrogen) atoms. The SMILES string of the molecule is CCCCC(CN)NC(=O)c1nnn(-c2cccc3cccnc23)c1C. The molecule has 0 radical (unpaired) electrons. The van der Waals surface area contributed by atoms with E-state index in [-0.39, 0.29) is 11.9 Å². The molecule has 0 saturated carbocycles. The molecule has 0 fully saturated rings. The molecule has 0 spiro atoms. The second kappa shape index (κ2) is 8.05. The second-order valence-corrected chi connectivity index (χ2v) is 6.34. The number of pyridine rings is 1. The summed E-state index contributed by atoms with van der Waals surface area (Å²) < 4.78 is 1.66. The van der Waals surface area contributed by atoms with Crippen LogP contribution in [0, 0.1) is 6.92 Å². The van der Waals surface area contributed by atoms with Crippen LogP contribution >= 0.6 is 0 Å². The summed E-state index contributed by atoms with van der Waals surface area (Å²) in [6, 6.07) is 9.68. The van der Waals surface area contributed by atoms with E-state index in [2.05, 4.69) is 27.5 Å². The van der Waals surface area contributed by atoms with Crippen molar-refractivity contribution in [2.45, 2.75) is 39.2 Å². The van der Waals surface area contributed by atoms with Crippen molar-refractivity contribution in [2.24, 2.45) is 5.73 Å². The van der Waals surface area contributed by atoms with Crippen molar-refractivity contribution in [1.82, 2.24) is 25.3 Å². The lowest BCUT2D eigenvalue weighted by molar-refractivity contribution is 0.0930. The number of hydrogen-bond donors (Lipinski definition) is 2. The van der Waals surface area contributed by atoms with Crippen LogP contribution in [0.15, 0.2) is 36.5 Å². The van der Waals surface area contributed by atoms with Gasteiger partial charge in [-0.05, 0) is 25.5 Å². The molecule has 1 atom stereocenters. The molecule has 0 aliphatic carbocycles. The Balaban J connectivity index is 1.89. The molecule has 3 aromatic rings. The zero-order valence-corrected chi connectivity index (χ0v) is 15.1. The molecule has 0 saturated heterocycles. The predicted molar refractivity (Wildman–Crippen MR) is 101 cm³/mol. The van der Waals surface area contributed by atoms with Crippen molar-refractivity contribution in [3.8, 4) is 5.69 Å². The molecule has 0 aliphatic heterocycles. The van der Waals surface area contributed by atoms with E-state index < -0.39 is 0 Å². The fraction of sp³-hybridized carbons (Fsp3) is 0.368. The van der Waals surface area contributed by atoms with Crippen molar-refractivity contribution in [3.63, 3.8) is 0 Å². The molecule has 136 valence electrons. The van der Waals surface area contributed by atoms with Gasteiger partial charge in [-0.1, -0.05) is 43.2 Å². The van der Waals surface area contributed by atoms with Crippen LogP contribution in [-0.2, 0) is 0 Å². The van der Waals surface area contributed by atoms with E-state index in [1.807, 2.05) is 37.3 Å². The first-order chi connectivity index (χ1) is 12.7. The Morgan fingerprint density at radius 1 is 1.31 bits per heavy atom. The van der Waals surface area contributed by atoms with Crippen LogP contribution in [0.25, 0.3) is 16.6 Å². The maximum absolute atomic E-state index is 12.6. The molecule has 0 aliphatic rings. The van der Waals surface area contributed by atoms with Gasteiger partial charge in [0, 0.05) is 24.2 Å². The average molecular weight is 352 g/mol. The molecule has 1 unspecified atom stereocenters. The highest BCUT2D eigenvalue weighted by atomic mass is 16.2. The number of fused-ring (bicyclic) bond motifs is 1. The van der Waals surface area contributed by atoms with Gasteiger partial charge in [-0.15, -0.1) is 5.10 Å². The predicted octanol–water partition coefficient (Wildman–Crippen LogP) is 2.37. The number of nitrogens with one attached hydrogen (secondary N) is 1. The Labute approximate surface area is 152 Å². The smallest absolute Gasteiger partial charge is 0.274 e. The van der Waals surface area contributed by atoms with Crippen LogP contribution in [0.5, 0.6) is 0 Å². The molecule has 7 nitrogen and oxygen atoms in total. The summed E-state index contributed by atoms with van der Waals surface area (Å²) in [5, 5.41) is 12.3. The van der Waals surface area contributed by atoms with E-state index in [1.54, 1.807) is 10.9 Å². The van der Waals surface area contributed by atoms with Gasteiger partial charge >= 0.3 is 0 Å². The van der Waals surface area contributed by atoms with Gasteiger partial charge in [-0.3, -0.25) is 9.78 Å². The van der Waals surface area contributed by atoms with Crippen LogP contribution in [0.4, 0.5) is 0 Å². The van der Waals surface area contributed by atoms with E-state index in [0.29, 0.717) is 17.9 Å². The highest BCUT2D eigenvalue weighted by Gasteiger charge is 2.20. The van der Waals surface area contributed by atoms with Crippen LogP contribution in [-0.4, -0.2) is 38.5 Å². The number of nitrogens with two attached hydrogens (primary N) is 1. The molecular weight excluding hydrogens is 328 g/mol. The minimum Gasteiger partial charge on any atom is -0.347 e. The number of para-hydroxylation sites is 1. The topological polar surface area (TPSA) is 98.7 Å². The summed E-state index contributed by atoms with van der Waals surface area (Å²) in [7, 11) is 0. The standard InChI is InChI=1S/C19H24N6O/c1-3-4-9-15(12-20)22-19(26)17-13(2)25(24-23-17)16-10-5-7-14-8-6-11-21-18(14)16/h5-8,10-11,15H,3-4,9,12,20H2,1-2H3,(H,22,26). The van der Waals surface area contributed by atoms with Gasteiger partial charge in [-0.25, -0.2) is 4.68 Å². The largest absolute Gasteiger partial charge is 0.347 e. The molecule has 0 bridgehead atoms. The first-order valence-corrected chi connectivity index (χ1v) is 8.93. The number of unbranched alkanes of at least 4 members (excludes halogenated alkanes) is 1. The van der Waals surface area contributed by atoms with Gasteiger partial charge in [0.15, 0.2) is 5.69 Å².